The second kappa shape index (κ2) is 2.82. The molecule has 78 valence electrons. The molecule has 4 fully saturated rings. The number of nitrogens with zero attached hydrogens (tertiary/aromatic N) is 1. The first kappa shape index (κ1) is 8.90. The highest BCUT2D eigenvalue weighted by molar-refractivity contribution is 5.87. The van der Waals surface area contributed by atoms with Crippen LogP contribution in [0.1, 0.15) is 38.5 Å². The molecule has 1 N–H and O–H groups in total. The molecule has 0 spiro atoms. The van der Waals surface area contributed by atoms with Crippen LogP contribution < -0.4 is 0 Å². The van der Waals surface area contributed by atoms with Gasteiger partial charge in [0.1, 0.15) is 0 Å². The average Bonchev–Trinajstić information content (AvgIpc) is 2.26. The molecule has 2 heteroatoms. The van der Waals surface area contributed by atoms with Gasteiger partial charge in [-0.2, -0.15) is 0 Å². The van der Waals surface area contributed by atoms with Gasteiger partial charge in [-0.25, -0.2) is 0 Å². The Hall–Kier alpha value is -0.370. The number of aliphatic imine (C=N–C) groups is 1. The third kappa shape index (κ3) is 1.23. The fourth-order valence-electron chi connectivity index (χ4n) is 4.23. The lowest BCUT2D eigenvalue weighted by atomic mass is 9.65. The van der Waals surface area contributed by atoms with E-state index in [0.717, 1.165) is 31.1 Å². The van der Waals surface area contributed by atoms with Crippen LogP contribution in [0, 0.1) is 17.8 Å². The topological polar surface area (TPSA) is 32.6 Å². The van der Waals surface area contributed by atoms with Crippen molar-refractivity contribution >= 4 is 5.71 Å². The van der Waals surface area contributed by atoms with E-state index in [9.17, 15) is 5.11 Å². The summed E-state index contributed by atoms with van der Waals surface area (Å²) >= 11 is 0. The largest absolute Gasteiger partial charge is 0.390 e. The monoisotopic (exact) mass is 193 g/mol. The summed E-state index contributed by atoms with van der Waals surface area (Å²) in [5.74, 6) is 2.12. The third-order valence-corrected chi connectivity index (χ3v) is 4.50. The van der Waals surface area contributed by atoms with Gasteiger partial charge >= 0.3 is 0 Å². The SMILES string of the molecule is C/N=C1\CC2CC3CC1CC(O)(C2)C3. The molecule has 0 radical (unpaired) electrons. The van der Waals surface area contributed by atoms with Crippen LogP contribution >= 0.6 is 0 Å². The van der Waals surface area contributed by atoms with E-state index in [1.54, 1.807) is 0 Å². The summed E-state index contributed by atoms with van der Waals surface area (Å²) < 4.78 is 0. The first-order chi connectivity index (χ1) is 6.68. The summed E-state index contributed by atoms with van der Waals surface area (Å²) in [6.07, 6.45) is 6.91. The van der Waals surface area contributed by atoms with Crippen LogP contribution in [0.4, 0.5) is 0 Å². The highest BCUT2D eigenvalue weighted by Crippen LogP contribution is 2.52. The quantitative estimate of drug-likeness (QED) is 0.627. The summed E-state index contributed by atoms with van der Waals surface area (Å²) in [7, 11) is 1.92. The Morgan fingerprint density at radius 1 is 1.21 bits per heavy atom. The molecule has 4 saturated carbocycles. The molecule has 4 rings (SSSR count). The number of aliphatic hydroxyl groups is 1. The van der Waals surface area contributed by atoms with Crippen molar-refractivity contribution in [1.29, 1.82) is 0 Å². The van der Waals surface area contributed by atoms with Gasteiger partial charge in [0.05, 0.1) is 5.60 Å². The average molecular weight is 193 g/mol. The zero-order valence-electron chi connectivity index (χ0n) is 8.87. The number of hydrogen-bond acceptors (Lipinski definition) is 2. The highest BCUT2D eigenvalue weighted by atomic mass is 16.3. The minimum absolute atomic E-state index is 0.317. The van der Waals surface area contributed by atoms with Crippen molar-refractivity contribution in [1.82, 2.24) is 0 Å². The van der Waals surface area contributed by atoms with E-state index in [0.29, 0.717) is 5.92 Å². The van der Waals surface area contributed by atoms with Crippen LogP contribution in [-0.2, 0) is 0 Å². The molecule has 0 aliphatic heterocycles. The van der Waals surface area contributed by atoms with Gasteiger partial charge in [0.15, 0.2) is 0 Å². The lowest BCUT2D eigenvalue weighted by Crippen LogP contribution is -2.43. The van der Waals surface area contributed by atoms with Crippen molar-refractivity contribution in [3.05, 3.63) is 0 Å². The molecular weight excluding hydrogens is 174 g/mol. The van der Waals surface area contributed by atoms with Gasteiger partial charge < -0.3 is 5.11 Å². The van der Waals surface area contributed by atoms with Crippen molar-refractivity contribution in [3.63, 3.8) is 0 Å². The molecule has 4 bridgehead atoms. The van der Waals surface area contributed by atoms with Gasteiger partial charge in [-0.1, -0.05) is 0 Å². The predicted molar refractivity (Wildman–Crippen MR) is 56.5 cm³/mol. The number of rotatable bonds is 0. The maximum Gasteiger partial charge on any atom is 0.0659 e. The van der Waals surface area contributed by atoms with Gasteiger partial charge in [0.2, 0.25) is 0 Å². The predicted octanol–water partition coefficient (Wildman–Crippen LogP) is 2.02. The van der Waals surface area contributed by atoms with Gasteiger partial charge in [-0.3, -0.25) is 4.99 Å². The van der Waals surface area contributed by atoms with Crippen molar-refractivity contribution in [3.8, 4) is 0 Å². The molecule has 0 heterocycles. The summed E-state index contributed by atoms with van der Waals surface area (Å²) in [5.41, 5.74) is 1.08. The lowest BCUT2D eigenvalue weighted by molar-refractivity contribution is -0.0678. The molecule has 0 amide bonds. The molecule has 0 aromatic heterocycles. The first-order valence-corrected chi connectivity index (χ1v) is 5.86. The zero-order valence-corrected chi connectivity index (χ0v) is 8.87. The second-order valence-electron chi connectivity index (χ2n) is 5.66. The summed E-state index contributed by atoms with van der Waals surface area (Å²) in [6.45, 7) is 0. The van der Waals surface area contributed by atoms with E-state index in [-0.39, 0.29) is 5.60 Å². The number of fused-ring (bicyclic) bond motifs is 1. The Kier molecular flexibility index (Phi) is 1.79. The fraction of sp³-hybridized carbons (Fsp3) is 0.917. The molecular formula is C12H19NO. The minimum Gasteiger partial charge on any atom is -0.390 e. The minimum atomic E-state index is -0.317. The van der Waals surface area contributed by atoms with Crippen molar-refractivity contribution in [2.75, 3.05) is 7.05 Å². The maximum atomic E-state index is 10.4. The molecule has 0 aromatic rings. The molecule has 0 saturated heterocycles. The van der Waals surface area contributed by atoms with E-state index in [1.807, 2.05) is 7.05 Å². The Morgan fingerprint density at radius 3 is 2.71 bits per heavy atom. The van der Waals surface area contributed by atoms with E-state index in [4.69, 9.17) is 0 Å². The van der Waals surface area contributed by atoms with Gasteiger partial charge in [0.25, 0.3) is 0 Å². The lowest BCUT2D eigenvalue weighted by Gasteiger charge is -2.44. The number of hydrogen-bond donors (Lipinski definition) is 1. The van der Waals surface area contributed by atoms with Gasteiger partial charge in [0, 0.05) is 12.8 Å². The van der Waals surface area contributed by atoms with E-state index >= 15 is 0 Å². The molecule has 4 aliphatic carbocycles. The second-order valence-corrected chi connectivity index (χ2v) is 5.66. The Bertz CT molecular complexity index is 286. The van der Waals surface area contributed by atoms with Crippen LogP contribution in [0.25, 0.3) is 0 Å². The van der Waals surface area contributed by atoms with Crippen LogP contribution in [0.2, 0.25) is 0 Å². The molecule has 4 unspecified atom stereocenters. The molecule has 4 atom stereocenters. The van der Waals surface area contributed by atoms with Gasteiger partial charge in [-0.15, -0.1) is 0 Å². The first-order valence-electron chi connectivity index (χ1n) is 5.86. The standard InChI is InChI=1S/C12H19NO/c1-13-11-4-9-2-8-3-10(11)7-12(14,5-8)6-9/h8-10,14H,2-7H2,1H3/b13-11+. The molecule has 0 aromatic carbocycles. The third-order valence-electron chi connectivity index (χ3n) is 4.50. The Balaban J connectivity index is 1.99. The van der Waals surface area contributed by atoms with Crippen molar-refractivity contribution in [2.24, 2.45) is 22.7 Å². The summed E-state index contributed by atoms with van der Waals surface area (Å²) in [4.78, 5) is 4.44. The van der Waals surface area contributed by atoms with Crippen LogP contribution in [0.3, 0.4) is 0 Å². The van der Waals surface area contributed by atoms with Crippen molar-refractivity contribution in [2.45, 2.75) is 44.1 Å². The summed E-state index contributed by atoms with van der Waals surface area (Å²) in [5, 5.41) is 10.4. The van der Waals surface area contributed by atoms with Crippen LogP contribution in [0.15, 0.2) is 4.99 Å². The highest BCUT2D eigenvalue weighted by Gasteiger charge is 2.49. The maximum absolute atomic E-state index is 10.4. The zero-order chi connectivity index (χ0) is 9.76. The van der Waals surface area contributed by atoms with Gasteiger partial charge in [-0.05, 0) is 56.3 Å². The normalized spacial score (nSPS) is 53.9. The van der Waals surface area contributed by atoms with Crippen LogP contribution in [-0.4, -0.2) is 23.5 Å². The van der Waals surface area contributed by atoms with Crippen LogP contribution in [0.5, 0.6) is 0 Å². The Morgan fingerprint density at radius 2 is 2.00 bits per heavy atom. The molecule has 4 aliphatic rings. The Labute approximate surface area is 85.4 Å². The van der Waals surface area contributed by atoms with E-state index in [2.05, 4.69) is 4.99 Å². The fourth-order valence-corrected chi connectivity index (χ4v) is 4.23. The summed E-state index contributed by atoms with van der Waals surface area (Å²) in [6, 6.07) is 0. The molecule has 2 nitrogen and oxygen atoms in total. The van der Waals surface area contributed by atoms with E-state index < -0.39 is 0 Å². The van der Waals surface area contributed by atoms with Crippen molar-refractivity contribution < 1.29 is 5.11 Å². The smallest absolute Gasteiger partial charge is 0.0659 e. The molecule has 14 heavy (non-hydrogen) atoms. The van der Waals surface area contributed by atoms with E-state index in [1.165, 1.54) is 25.0 Å².